The highest BCUT2D eigenvalue weighted by Crippen LogP contribution is 2.57. The van der Waals surface area contributed by atoms with Crippen molar-refractivity contribution in [2.45, 2.75) is 43.4 Å². The minimum Gasteiger partial charge on any atom is -0.428 e. The van der Waals surface area contributed by atoms with Crippen molar-refractivity contribution in [3.8, 4) is 0 Å². The Morgan fingerprint density at radius 3 is 2.55 bits per heavy atom. The molecule has 3 fully saturated rings. The quantitative estimate of drug-likeness (QED) is 0.608. The van der Waals surface area contributed by atoms with Gasteiger partial charge in [-0.2, -0.15) is 0 Å². The van der Waals surface area contributed by atoms with Crippen LogP contribution in [0.15, 0.2) is 65.4 Å². The number of rotatable bonds is 6. The van der Waals surface area contributed by atoms with Crippen molar-refractivity contribution in [2.24, 2.45) is 11.8 Å². The molecule has 2 aromatic carbocycles. The van der Waals surface area contributed by atoms with Crippen molar-refractivity contribution in [2.75, 3.05) is 13.1 Å². The lowest BCUT2D eigenvalue weighted by Gasteiger charge is -2.21. The number of aliphatic hydroxyl groups is 1. The number of hydrogen-bond acceptors (Lipinski definition) is 6. The summed E-state index contributed by atoms with van der Waals surface area (Å²) in [6.07, 6.45) is 3.78. The van der Waals surface area contributed by atoms with Gasteiger partial charge >= 0.3 is 0 Å². The van der Waals surface area contributed by atoms with Gasteiger partial charge in [-0.3, -0.25) is 4.79 Å². The van der Waals surface area contributed by atoms with E-state index in [1.807, 2.05) is 47.4 Å². The fraction of sp³-hybridized carbons (Fsp3) is 0.423. The van der Waals surface area contributed by atoms with Crippen LogP contribution in [0.3, 0.4) is 0 Å². The number of nitrogens with one attached hydrogen (secondary N) is 1. The summed E-state index contributed by atoms with van der Waals surface area (Å²) >= 11 is 0. The average molecular weight is 445 g/mol. The van der Waals surface area contributed by atoms with E-state index in [9.17, 15) is 9.90 Å². The summed E-state index contributed by atoms with van der Waals surface area (Å²) in [5.41, 5.74) is 2.91. The smallest absolute Gasteiger partial charge is 0.253 e. The van der Waals surface area contributed by atoms with Crippen LogP contribution in [0.2, 0.25) is 0 Å². The standard InChI is InChI=1S/C26H28N4O3/c31-24(17-4-2-1-3-5-17)22-11-10-19(28-22)12-16-6-8-18(9-7-16)26(32)30-13-20-21(14-30)23(20)25-29-27-15-33-25/h1-9,15,19-24,28,31H,10-14H2/t19-,20-,21+,22-,23?,24?/m1/s1. The number of carbonyl (C=O) groups excluding carboxylic acids is 1. The van der Waals surface area contributed by atoms with Crippen LogP contribution in [0.4, 0.5) is 0 Å². The summed E-state index contributed by atoms with van der Waals surface area (Å²) < 4.78 is 5.34. The highest BCUT2D eigenvalue weighted by Gasteiger charge is 2.59. The molecule has 7 nitrogen and oxygen atoms in total. The number of aliphatic hydroxyl groups excluding tert-OH is 1. The lowest BCUT2D eigenvalue weighted by Crippen LogP contribution is -2.35. The van der Waals surface area contributed by atoms with Gasteiger partial charge < -0.3 is 19.7 Å². The third-order valence-electron chi connectivity index (χ3n) is 7.62. The molecule has 6 atom stereocenters. The first kappa shape index (κ1) is 20.6. The second kappa shape index (κ2) is 8.39. The molecule has 7 heteroatoms. The predicted octanol–water partition coefficient (Wildman–Crippen LogP) is 2.95. The van der Waals surface area contributed by atoms with Crippen LogP contribution in [-0.2, 0) is 6.42 Å². The van der Waals surface area contributed by atoms with Crippen LogP contribution >= 0.6 is 0 Å². The van der Waals surface area contributed by atoms with Crippen LogP contribution in [0.5, 0.6) is 0 Å². The van der Waals surface area contributed by atoms with E-state index < -0.39 is 6.10 Å². The molecule has 1 saturated carbocycles. The molecular weight excluding hydrogens is 416 g/mol. The Morgan fingerprint density at radius 2 is 1.85 bits per heavy atom. The van der Waals surface area contributed by atoms with Gasteiger partial charge in [-0.25, -0.2) is 0 Å². The van der Waals surface area contributed by atoms with Crippen molar-refractivity contribution in [3.63, 3.8) is 0 Å². The molecule has 2 aliphatic heterocycles. The molecule has 6 rings (SSSR count). The first-order valence-electron chi connectivity index (χ1n) is 11.8. The molecule has 0 spiro atoms. The number of nitrogens with zero attached hydrogens (tertiary/aromatic N) is 3. The Balaban J connectivity index is 1.02. The number of likely N-dealkylation sites (tertiary alicyclic amines) is 1. The third kappa shape index (κ3) is 3.96. The van der Waals surface area contributed by atoms with Gasteiger partial charge in [-0.05, 0) is 54.4 Å². The number of fused-ring (bicyclic) bond motifs is 1. The van der Waals surface area contributed by atoms with E-state index in [1.165, 1.54) is 12.0 Å². The van der Waals surface area contributed by atoms with Gasteiger partial charge in [-0.1, -0.05) is 42.5 Å². The highest BCUT2D eigenvalue weighted by molar-refractivity contribution is 5.94. The maximum atomic E-state index is 12.9. The lowest BCUT2D eigenvalue weighted by atomic mass is 10.0. The molecule has 1 amide bonds. The number of piperidine rings is 1. The molecular formula is C26H28N4O3. The van der Waals surface area contributed by atoms with Gasteiger partial charge in [-0.15, -0.1) is 10.2 Å². The molecule has 0 bridgehead atoms. The van der Waals surface area contributed by atoms with Crippen molar-refractivity contribution >= 4 is 5.91 Å². The molecule has 2 unspecified atom stereocenters. The summed E-state index contributed by atoms with van der Waals surface area (Å²) in [5, 5.41) is 22.1. The Hall–Kier alpha value is -3.03. The fourth-order valence-electron chi connectivity index (χ4n) is 5.78. The van der Waals surface area contributed by atoms with E-state index in [4.69, 9.17) is 4.42 Å². The highest BCUT2D eigenvalue weighted by atomic mass is 16.4. The van der Waals surface area contributed by atoms with Gasteiger partial charge in [0.1, 0.15) is 0 Å². The van der Waals surface area contributed by atoms with Crippen molar-refractivity contribution in [1.29, 1.82) is 0 Å². The zero-order chi connectivity index (χ0) is 22.4. The average Bonchev–Trinajstić information content (AvgIpc) is 3.38. The van der Waals surface area contributed by atoms with E-state index in [1.54, 1.807) is 0 Å². The van der Waals surface area contributed by atoms with E-state index >= 15 is 0 Å². The minimum atomic E-state index is -0.484. The molecule has 0 radical (unpaired) electrons. The predicted molar refractivity (Wildman–Crippen MR) is 121 cm³/mol. The molecule has 2 saturated heterocycles. The summed E-state index contributed by atoms with van der Waals surface area (Å²) in [6.45, 7) is 1.52. The normalized spacial score (nSPS) is 29.1. The first-order chi connectivity index (χ1) is 16.2. The molecule has 3 heterocycles. The van der Waals surface area contributed by atoms with E-state index in [-0.39, 0.29) is 11.9 Å². The van der Waals surface area contributed by atoms with E-state index in [0.717, 1.165) is 43.5 Å². The van der Waals surface area contributed by atoms with Crippen LogP contribution in [0.1, 0.15) is 52.2 Å². The van der Waals surface area contributed by atoms with Crippen molar-refractivity contribution in [1.82, 2.24) is 20.4 Å². The number of benzene rings is 2. The number of hydrogen-bond donors (Lipinski definition) is 2. The molecule has 1 aromatic heterocycles. The maximum Gasteiger partial charge on any atom is 0.253 e. The molecule has 3 aromatic rings. The van der Waals surface area contributed by atoms with Crippen LogP contribution < -0.4 is 5.32 Å². The Kier molecular flexibility index (Phi) is 5.23. The van der Waals surface area contributed by atoms with Crippen LogP contribution in [0, 0.1) is 11.8 Å². The van der Waals surface area contributed by atoms with Crippen molar-refractivity contribution in [3.05, 3.63) is 83.6 Å². The largest absolute Gasteiger partial charge is 0.428 e. The summed E-state index contributed by atoms with van der Waals surface area (Å²) in [5.74, 6) is 2.02. The molecule has 33 heavy (non-hydrogen) atoms. The second-order valence-corrected chi connectivity index (χ2v) is 9.64. The Bertz CT molecular complexity index is 1090. The third-order valence-corrected chi connectivity index (χ3v) is 7.62. The Labute approximate surface area is 192 Å². The van der Waals surface area contributed by atoms with Crippen LogP contribution in [-0.4, -0.2) is 51.3 Å². The number of amides is 1. The van der Waals surface area contributed by atoms with Gasteiger partial charge in [0.05, 0.1) is 6.10 Å². The summed E-state index contributed by atoms with van der Waals surface area (Å²) in [7, 11) is 0. The van der Waals surface area contributed by atoms with E-state index in [2.05, 4.69) is 27.6 Å². The number of carbonyl (C=O) groups is 1. The van der Waals surface area contributed by atoms with Gasteiger partial charge in [0.25, 0.3) is 5.91 Å². The van der Waals surface area contributed by atoms with Gasteiger partial charge in [0.2, 0.25) is 12.3 Å². The molecule has 3 aliphatic rings. The van der Waals surface area contributed by atoms with E-state index in [0.29, 0.717) is 29.7 Å². The van der Waals surface area contributed by atoms with Crippen molar-refractivity contribution < 1.29 is 14.3 Å². The minimum absolute atomic E-state index is 0.0795. The second-order valence-electron chi connectivity index (χ2n) is 9.64. The number of aromatic nitrogens is 2. The lowest BCUT2D eigenvalue weighted by molar-refractivity contribution is 0.0771. The Morgan fingerprint density at radius 1 is 1.09 bits per heavy atom. The fourth-order valence-corrected chi connectivity index (χ4v) is 5.78. The van der Waals surface area contributed by atoms with Crippen LogP contribution in [0.25, 0.3) is 0 Å². The zero-order valence-corrected chi connectivity index (χ0v) is 18.4. The monoisotopic (exact) mass is 444 g/mol. The zero-order valence-electron chi connectivity index (χ0n) is 18.4. The van der Waals surface area contributed by atoms with Gasteiger partial charge in [0.15, 0.2) is 0 Å². The first-order valence-corrected chi connectivity index (χ1v) is 11.8. The topological polar surface area (TPSA) is 91.5 Å². The van der Waals surface area contributed by atoms with Gasteiger partial charge in [0, 0.05) is 36.7 Å². The SMILES string of the molecule is O=C(c1ccc(C[C@H]2CC[C@H](C(O)c3ccccc3)N2)cc1)N1C[C@@H]2C(c3nnco3)[C@@H]2C1. The maximum absolute atomic E-state index is 12.9. The summed E-state index contributed by atoms with van der Waals surface area (Å²) in [4.78, 5) is 14.9. The molecule has 170 valence electrons. The summed E-state index contributed by atoms with van der Waals surface area (Å²) in [6, 6.07) is 18.3. The molecule has 1 aliphatic carbocycles. The molecule has 2 N–H and O–H groups in total.